The SMILES string of the molecule is COCCOCC(COCCOCC(COCCCNC(=O)CCN1C(=O)CC(C(C)C)C1=O)OCCOCC(COCCOC)OCCOC)OCCOC. The molecule has 330 valence electrons. The van der Waals surface area contributed by atoms with E-state index in [1.54, 1.807) is 28.4 Å². The maximum Gasteiger partial charge on any atom is 0.233 e. The van der Waals surface area contributed by atoms with E-state index in [0.29, 0.717) is 125 Å². The van der Waals surface area contributed by atoms with Crippen molar-refractivity contribution in [2.45, 2.75) is 51.4 Å². The standard InChI is InChI=1S/C38H72N2O16/c1-31(2)35-24-37(42)40(38(35)43)10-8-36(41)39-9-7-11-48-25-32(56-23-20-53-30-34(55-22-15-47-6)27-50-17-13-45-4)28-51-18-19-52-29-33(54-21-14-46-5)26-49-16-12-44-3/h31-35H,7-30H2,1-6H3,(H,39,41). The van der Waals surface area contributed by atoms with Crippen molar-refractivity contribution in [3.05, 3.63) is 0 Å². The van der Waals surface area contributed by atoms with Gasteiger partial charge in [0.25, 0.3) is 0 Å². The van der Waals surface area contributed by atoms with Gasteiger partial charge in [-0.15, -0.1) is 0 Å². The molecular weight excluding hydrogens is 740 g/mol. The molecule has 0 radical (unpaired) electrons. The van der Waals surface area contributed by atoms with Crippen LogP contribution in [0.2, 0.25) is 0 Å². The van der Waals surface area contributed by atoms with Crippen LogP contribution in [0.5, 0.6) is 0 Å². The first-order chi connectivity index (χ1) is 27.3. The van der Waals surface area contributed by atoms with Gasteiger partial charge >= 0.3 is 0 Å². The van der Waals surface area contributed by atoms with Crippen LogP contribution in [-0.4, -0.2) is 208 Å². The highest BCUT2D eigenvalue weighted by Crippen LogP contribution is 2.26. The number of imide groups is 1. The van der Waals surface area contributed by atoms with Gasteiger partial charge in [0.2, 0.25) is 17.7 Å². The average Bonchev–Trinajstić information content (AvgIpc) is 3.48. The molecule has 1 aliphatic rings. The van der Waals surface area contributed by atoms with Gasteiger partial charge in [-0.2, -0.15) is 0 Å². The fraction of sp³-hybridized carbons (Fsp3) is 0.921. The minimum Gasteiger partial charge on any atom is -0.382 e. The third kappa shape index (κ3) is 26.9. The lowest BCUT2D eigenvalue weighted by molar-refractivity contribution is -0.140. The van der Waals surface area contributed by atoms with Crippen molar-refractivity contribution in [1.29, 1.82) is 0 Å². The molecule has 3 amide bonds. The zero-order valence-electron chi connectivity index (χ0n) is 34.8. The summed E-state index contributed by atoms with van der Waals surface area (Å²) in [5, 5.41) is 2.83. The second-order valence-electron chi connectivity index (χ2n) is 13.3. The lowest BCUT2D eigenvalue weighted by Gasteiger charge is -2.21. The summed E-state index contributed by atoms with van der Waals surface area (Å²) in [6.45, 7) is 11.5. The molecule has 1 saturated heterocycles. The smallest absolute Gasteiger partial charge is 0.233 e. The summed E-state index contributed by atoms with van der Waals surface area (Å²) < 4.78 is 72.4. The molecule has 1 N–H and O–H groups in total. The largest absolute Gasteiger partial charge is 0.382 e. The van der Waals surface area contributed by atoms with Crippen LogP contribution >= 0.6 is 0 Å². The summed E-state index contributed by atoms with van der Waals surface area (Å²) in [7, 11) is 6.47. The predicted molar refractivity (Wildman–Crippen MR) is 204 cm³/mol. The lowest BCUT2D eigenvalue weighted by atomic mass is 9.94. The molecule has 0 aliphatic carbocycles. The van der Waals surface area contributed by atoms with Crippen molar-refractivity contribution in [1.82, 2.24) is 10.2 Å². The number of nitrogens with zero attached hydrogens (tertiary/aromatic N) is 1. The van der Waals surface area contributed by atoms with E-state index >= 15 is 0 Å². The Morgan fingerprint density at radius 2 is 0.964 bits per heavy atom. The Bertz CT molecular complexity index is 965. The molecular formula is C38H72N2O16. The topological polar surface area (TPSA) is 186 Å². The number of hydrogen-bond acceptors (Lipinski definition) is 16. The van der Waals surface area contributed by atoms with Crippen LogP contribution in [-0.2, 0) is 76.0 Å². The highest BCUT2D eigenvalue weighted by Gasteiger charge is 2.39. The number of likely N-dealkylation sites (tertiary alicyclic amines) is 1. The number of methoxy groups -OCH3 is 4. The maximum absolute atomic E-state index is 12.5. The van der Waals surface area contributed by atoms with Gasteiger partial charge in [0.05, 0.1) is 119 Å². The van der Waals surface area contributed by atoms with Gasteiger partial charge in [-0.1, -0.05) is 13.8 Å². The predicted octanol–water partition coefficient (Wildman–Crippen LogP) is 0.755. The van der Waals surface area contributed by atoms with E-state index in [0.717, 1.165) is 0 Å². The maximum atomic E-state index is 12.5. The Kier molecular flexibility index (Phi) is 33.7. The van der Waals surface area contributed by atoms with Gasteiger partial charge in [0.1, 0.15) is 18.3 Å². The number of ether oxygens (including phenoxy) is 13. The van der Waals surface area contributed by atoms with Crippen LogP contribution in [0.25, 0.3) is 0 Å². The molecule has 18 nitrogen and oxygen atoms in total. The Hall–Kier alpha value is -1.91. The van der Waals surface area contributed by atoms with Crippen LogP contribution in [0.1, 0.15) is 33.1 Å². The molecule has 4 atom stereocenters. The van der Waals surface area contributed by atoms with Crippen molar-refractivity contribution in [3.63, 3.8) is 0 Å². The monoisotopic (exact) mass is 812 g/mol. The molecule has 0 aromatic carbocycles. The molecule has 1 rings (SSSR count). The van der Waals surface area contributed by atoms with Crippen molar-refractivity contribution in [2.75, 3.05) is 167 Å². The molecule has 56 heavy (non-hydrogen) atoms. The van der Waals surface area contributed by atoms with E-state index in [9.17, 15) is 14.4 Å². The Balaban J connectivity index is 2.49. The highest BCUT2D eigenvalue weighted by atomic mass is 16.6. The van der Waals surface area contributed by atoms with Crippen molar-refractivity contribution >= 4 is 17.7 Å². The first-order valence-electron chi connectivity index (χ1n) is 19.6. The number of amides is 3. The van der Waals surface area contributed by atoms with Gasteiger partial charge in [-0.25, -0.2) is 0 Å². The number of hydrogen-bond donors (Lipinski definition) is 1. The third-order valence-corrected chi connectivity index (χ3v) is 8.35. The van der Waals surface area contributed by atoms with Crippen molar-refractivity contribution in [3.8, 4) is 0 Å². The number of nitrogens with one attached hydrogen (secondary N) is 1. The molecule has 1 fully saturated rings. The van der Waals surface area contributed by atoms with Gasteiger partial charge in [-0.05, 0) is 12.3 Å². The summed E-state index contributed by atoms with van der Waals surface area (Å²) in [6, 6.07) is 0. The summed E-state index contributed by atoms with van der Waals surface area (Å²) in [5.74, 6) is -0.863. The van der Waals surface area contributed by atoms with E-state index in [-0.39, 0.29) is 80.5 Å². The number of rotatable bonds is 41. The summed E-state index contributed by atoms with van der Waals surface area (Å²) >= 11 is 0. The van der Waals surface area contributed by atoms with Crippen molar-refractivity contribution < 1.29 is 76.0 Å². The van der Waals surface area contributed by atoms with Gasteiger partial charge in [0, 0.05) is 66.9 Å². The summed E-state index contributed by atoms with van der Waals surface area (Å²) in [4.78, 5) is 38.3. The van der Waals surface area contributed by atoms with Gasteiger partial charge in [-0.3, -0.25) is 19.3 Å². The normalized spacial score (nSPS) is 16.3. The van der Waals surface area contributed by atoms with E-state index in [2.05, 4.69) is 5.32 Å². The lowest BCUT2D eigenvalue weighted by Crippen LogP contribution is -2.36. The minimum atomic E-state index is -0.385. The highest BCUT2D eigenvalue weighted by molar-refractivity contribution is 6.03. The van der Waals surface area contributed by atoms with E-state index < -0.39 is 0 Å². The van der Waals surface area contributed by atoms with Crippen LogP contribution in [0.15, 0.2) is 0 Å². The molecule has 0 aromatic rings. The number of carbonyl (C=O) groups is 3. The van der Waals surface area contributed by atoms with Crippen molar-refractivity contribution in [2.24, 2.45) is 11.8 Å². The first kappa shape index (κ1) is 52.1. The van der Waals surface area contributed by atoms with E-state index in [4.69, 9.17) is 61.6 Å². The summed E-state index contributed by atoms with van der Waals surface area (Å²) in [6.07, 6.45) is -0.0776. The molecule has 1 heterocycles. The first-order valence-corrected chi connectivity index (χ1v) is 19.6. The van der Waals surface area contributed by atoms with Crippen LogP contribution in [0, 0.1) is 11.8 Å². The molecule has 4 unspecified atom stereocenters. The molecule has 1 aliphatic heterocycles. The summed E-state index contributed by atoms with van der Waals surface area (Å²) in [5.41, 5.74) is 0. The molecule has 0 aromatic heterocycles. The van der Waals surface area contributed by atoms with Crippen LogP contribution in [0.3, 0.4) is 0 Å². The second kappa shape index (κ2) is 36.2. The quantitative estimate of drug-likeness (QED) is 0.0673. The fourth-order valence-electron chi connectivity index (χ4n) is 5.16. The molecule has 0 saturated carbocycles. The Morgan fingerprint density at radius 1 is 0.589 bits per heavy atom. The van der Waals surface area contributed by atoms with E-state index in [1.807, 2.05) is 13.8 Å². The molecule has 18 heteroatoms. The van der Waals surface area contributed by atoms with Crippen LogP contribution in [0.4, 0.5) is 0 Å². The van der Waals surface area contributed by atoms with Gasteiger partial charge < -0.3 is 66.9 Å². The number of carbonyl (C=O) groups excluding carboxylic acids is 3. The Labute approximate surface area is 334 Å². The Morgan fingerprint density at radius 3 is 1.38 bits per heavy atom. The average molecular weight is 813 g/mol. The van der Waals surface area contributed by atoms with Crippen LogP contribution < -0.4 is 5.32 Å². The molecule has 0 bridgehead atoms. The van der Waals surface area contributed by atoms with E-state index in [1.165, 1.54) is 4.90 Å². The zero-order valence-corrected chi connectivity index (χ0v) is 34.8. The molecule has 0 spiro atoms. The third-order valence-electron chi connectivity index (χ3n) is 8.35. The minimum absolute atomic E-state index is 0.0622. The van der Waals surface area contributed by atoms with Gasteiger partial charge in [0.15, 0.2) is 0 Å². The second-order valence-corrected chi connectivity index (χ2v) is 13.3. The zero-order chi connectivity index (χ0) is 41.1. The fourth-order valence-corrected chi connectivity index (χ4v) is 5.16.